The number of alkyl carbamates (subject to hydrolysis) is 1. The highest BCUT2D eigenvalue weighted by Crippen LogP contribution is 2.25. The van der Waals surface area contributed by atoms with E-state index in [1.165, 1.54) is 7.11 Å². The zero-order valence-electron chi connectivity index (χ0n) is 16.7. The highest BCUT2D eigenvalue weighted by atomic mass is 16.6. The third-order valence-corrected chi connectivity index (χ3v) is 3.70. The van der Waals surface area contributed by atoms with Crippen LogP contribution in [0, 0.1) is 0 Å². The first-order valence-electron chi connectivity index (χ1n) is 8.90. The van der Waals surface area contributed by atoms with Crippen LogP contribution in [0.25, 0.3) is 0 Å². The Morgan fingerprint density at radius 2 is 1.66 bits per heavy atom. The number of carbonyl (C=O) groups is 4. The molecule has 1 atom stereocenters. The van der Waals surface area contributed by atoms with E-state index < -0.39 is 35.3 Å². The zero-order chi connectivity index (χ0) is 21.6. The molecule has 8 heteroatoms. The number of ketones is 2. The van der Waals surface area contributed by atoms with Crippen molar-refractivity contribution in [3.8, 4) is 5.75 Å². The summed E-state index contributed by atoms with van der Waals surface area (Å²) in [6.45, 7) is 5.05. The number of carbonyl (C=O) groups excluding carboxylic acids is 4. The summed E-state index contributed by atoms with van der Waals surface area (Å²) in [5.74, 6) is -1.67. The summed E-state index contributed by atoms with van der Waals surface area (Å²) in [4.78, 5) is 48.0. The summed E-state index contributed by atoms with van der Waals surface area (Å²) in [7, 11) is 1.17. The Hall–Kier alpha value is -3.42. The molecule has 0 saturated heterocycles. The summed E-state index contributed by atoms with van der Waals surface area (Å²) < 4.78 is 15.6. The number of ether oxygens (including phenoxy) is 3. The average molecular weight is 401 g/mol. The van der Waals surface area contributed by atoms with Gasteiger partial charge in [0.2, 0.25) is 11.6 Å². The van der Waals surface area contributed by atoms with E-state index >= 15 is 0 Å². The van der Waals surface area contributed by atoms with Crippen LogP contribution in [0.1, 0.15) is 27.2 Å². The Morgan fingerprint density at radius 1 is 1.03 bits per heavy atom. The summed E-state index contributed by atoms with van der Waals surface area (Å²) in [5.41, 5.74) is -0.497. The van der Waals surface area contributed by atoms with Crippen LogP contribution in [-0.4, -0.2) is 42.4 Å². The maximum Gasteiger partial charge on any atom is 0.408 e. The molecule has 0 saturated carbocycles. The van der Waals surface area contributed by atoms with Gasteiger partial charge < -0.3 is 19.5 Å². The molecule has 29 heavy (non-hydrogen) atoms. The van der Waals surface area contributed by atoms with Crippen molar-refractivity contribution in [1.82, 2.24) is 5.32 Å². The molecule has 2 rings (SSSR count). The van der Waals surface area contributed by atoms with Crippen LogP contribution in [0.4, 0.5) is 4.79 Å². The van der Waals surface area contributed by atoms with Crippen molar-refractivity contribution in [3.63, 3.8) is 0 Å². The highest BCUT2D eigenvalue weighted by Gasteiger charge is 2.30. The molecule has 0 fully saturated rings. The van der Waals surface area contributed by atoms with Crippen LogP contribution in [0.15, 0.2) is 53.8 Å². The standard InChI is InChI=1S/C21H23NO7/c1-21(2,3)29-20(26)22-15(19(25)27-4)10-13-11-16(23)17(24)12-18(13)28-14-8-6-5-7-9-14/h5-9,11-12,15H,10H2,1-4H3,(H,22,26)/t15-/m0/s1. The van der Waals surface area contributed by atoms with Crippen molar-refractivity contribution in [3.05, 3.63) is 53.8 Å². The molecule has 0 heterocycles. The van der Waals surface area contributed by atoms with Crippen LogP contribution in [0.2, 0.25) is 0 Å². The van der Waals surface area contributed by atoms with Crippen molar-refractivity contribution in [2.75, 3.05) is 7.11 Å². The van der Waals surface area contributed by atoms with Gasteiger partial charge in [0.25, 0.3) is 0 Å². The molecular formula is C21H23NO7. The van der Waals surface area contributed by atoms with E-state index in [0.29, 0.717) is 5.75 Å². The second kappa shape index (κ2) is 9.18. The van der Waals surface area contributed by atoms with E-state index in [4.69, 9.17) is 14.2 Å². The monoisotopic (exact) mass is 401 g/mol. The van der Waals surface area contributed by atoms with Crippen molar-refractivity contribution < 1.29 is 33.4 Å². The number of hydrogen-bond acceptors (Lipinski definition) is 7. The predicted molar refractivity (Wildman–Crippen MR) is 103 cm³/mol. The van der Waals surface area contributed by atoms with Gasteiger partial charge in [0.05, 0.1) is 7.11 Å². The van der Waals surface area contributed by atoms with E-state index in [2.05, 4.69) is 5.32 Å². The lowest BCUT2D eigenvalue weighted by atomic mass is 9.96. The van der Waals surface area contributed by atoms with Crippen molar-refractivity contribution >= 4 is 23.6 Å². The molecule has 0 spiro atoms. The van der Waals surface area contributed by atoms with Gasteiger partial charge in [0, 0.05) is 18.1 Å². The van der Waals surface area contributed by atoms with E-state index in [1.54, 1.807) is 51.1 Å². The Kier molecular flexibility index (Phi) is 6.93. The van der Waals surface area contributed by atoms with Gasteiger partial charge in [-0.3, -0.25) is 9.59 Å². The lowest BCUT2D eigenvalue weighted by molar-refractivity contribution is -0.143. The summed E-state index contributed by atoms with van der Waals surface area (Å²) in [6.07, 6.45) is 1.20. The van der Waals surface area contributed by atoms with Gasteiger partial charge in [-0.2, -0.15) is 0 Å². The Labute approximate surface area is 168 Å². The number of rotatable bonds is 6. The van der Waals surface area contributed by atoms with E-state index in [-0.39, 0.29) is 17.8 Å². The van der Waals surface area contributed by atoms with Gasteiger partial charge in [-0.25, -0.2) is 9.59 Å². The molecule has 154 valence electrons. The molecule has 0 bridgehead atoms. The smallest absolute Gasteiger partial charge is 0.408 e. The highest BCUT2D eigenvalue weighted by molar-refractivity contribution is 6.46. The first kappa shape index (κ1) is 21.9. The number of methoxy groups -OCH3 is 1. The lowest BCUT2D eigenvalue weighted by Gasteiger charge is -2.24. The molecule has 1 N–H and O–H groups in total. The molecule has 0 aromatic heterocycles. The topological polar surface area (TPSA) is 108 Å². The van der Waals surface area contributed by atoms with Crippen LogP contribution < -0.4 is 10.1 Å². The van der Waals surface area contributed by atoms with E-state index in [1.807, 2.05) is 0 Å². The average Bonchev–Trinajstić information content (AvgIpc) is 2.63. The van der Waals surface area contributed by atoms with Gasteiger partial charge in [0.15, 0.2) is 0 Å². The normalized spacial score (nSPS) is 15.0. The minimum Gasteiger partial charge on any atom is -0.467 e. The fraction of sp³-hybridized carbons (Fsp3) is 0.333. The quantitative estimate of drug-likeness (QED) is 0.443. The van der Waals surface area contributed by atoms with Gasteiger partial charge in [-0.1, -0.05) is 18.2 Å². The summed E-state index contributed by atoms with van der Waals surface area (Å²) >= 11 is 0. The number of nitrogens with one attached hydrogen (secondary N) is 1. The third-order valence-electron chi connectivity index (χ3n) is 3.70. The van der Waals surface area contributed by atoms with Gasteiger partial charge in [-0.05, 0) is 39.0 Å². The second-order valence-electron chi connectivity index (χ2n) is 7.25. The maximum atomic E-state index is 12.2. The van der Waals surface area contributed by atoms with Gasteiger partial charge in [-0.15, -0.1) is 0 Å². The van der Waals surface area contributed by atoms with E-state index in [9.17, 15) is 19.2 Å². The third kappa shape index (κ3) is 6.60. The molecule has 1 amide bonds. The number of esters is 1. The first-order chi connectivity index (χ1) is 13.6. The number of allylic oxidation sites excluding steroid dienone is 3. The largest absolute Gasteiger partial charge is 0.467 e. The molecule has 1 aliphatic rings. The molecule has 1 aromatic carbocycles. The van der Waals surface area contributed by atoms with Gasteiger partial charge >= 0.3 is 12.1 Å². The zero-order valence-corrected chi connectivity index (χ0v) is 16.7. The molecule has 8 nitrogen and oxygen atoms in total. The molecular weight excluding hydrogens is 378 g/mol. The molecule has 0 unspecified atom stereocenters. The molecule has 0 radical (unpaired) electrons. The number of benzene rings is 1. The summed E-state index contributed by atoms with van der Waals surface area (Å²) in [6, 6.07) is 7.50. The van der Waals surface area contributed by atoms with Crippen molar-refractivity contribution in [2.45, 2.75) is 38.8 Å². The van der Waals surface area contributed by atoms with Crippen LogP contribution in [-0.2, 0) is 23.9 Å². The Balaban J connectivity index is 2.23. The second-order valence-corrected chi connectivity index (χ2v) is 7.25. The molecule has 1 aromatic rings. The minimum absolute atomic E-state index is 0.112. The Morgan fingerprint density at radius 3 is 2.24 bits per heavy atom. The summed E-state index contributed by atoms with van der Waals surface area (Å²) in [5, 5.41) is 2.43. The minimum atomic E-state index is -1.15. The maximum absolute atomic E-state index is 12.2. The van der Waals surface area contributed by atoms with E-state index in [0.717, 1.165) is 12.2 Å². The number of amides is 1. The first-order valence-corrected chi connectivity index (χ1v) is 8.90. The van der Waals surface area contributed by atoms with Crippen molar-refractivity contribution in [1.29, 1.82) is 0 Å². The lowest BCUT2D eigenvalue weighted by Crippen LogP contribution is -2.44. The number of hydrogen-bond donors (Lipinski definition) is 1. The fourth-order valence-electron chi connectivity index (χ4n) is 2.46. The number of para-hydroxylation sites is 1. The van der Waals surface area contributed by atoms with Crippen LogP contribution >= 0.6 is 0 Å². The predicted octanol–water partition coefficient (Wildman–Crippen LogP) is 2.48. The molecule has 1 aliphatic carbocycles. The van der Waals surface area contributed by atoms with Gasteiger partial charge in [0.1, 0.15) is 23.2 Å². The van der Waals surface area contributed by atoms with Crippen LogP contribution in [0.5, 0.6) is 5.75 Å². The Bertz CT molecular complexity index is 863. The van der Waals surface area contributed by atoms with Crippen LogP contribution in [0.3, 0.4) is 0 Å². The molecule has 0 aliphatic heterocycles. The SMILES string of the molecule is COC(=O)[C@H](CC1=CC(=O)C(=O)C=C1Oc1ccccc1)NC(=O)OC(C)(C)C. The fourth-order valence-corrected chi connectivity index (χ4v) is 2.46. The van der Waals surface area contributed by atoms with Crippen molar-refractivity contribution in [2.24, 2.45) is 0 Å².